The molecule has 0 saturated heterocycles. The van der Waals surface area contributed by atoms with Crippen molar-refractivity contribution in [3.8, 4) is 0 Å². The SMILES string of the molecule is CCSC(=O)NC(CC)N(C)C. The van der Waals surface area contributed by atoms with Crippen LogP contribution in [-0.4, -0.2) is 36.2 Å². The Hall–Kier alpha value is -0.220. The maximum atomic E-state index is 11.1. The summed E-state index contributed by atoms with van der Waals surface area (Å²) in [7, 11) is 3.93. The van der Waals surface area contributed by atoms with E-state index in [1.165, 1.54) is 11.8 Å². The van der Waals surface area contributed by atoms with E-state index in [0.29, 0.717) is 0 Å². The third-order valence-corrected chi connectivity index (χ3v) is 2.24. The van der Waals surface area contributed by atoms with E-state index in [9.17, 15) is 4.79 Å². The molecule has 1 atom stereocenters. The summed E-state index contributed by atoms with van der Waals surface area (Å²) in [6.45, 7) is 4.03. The van der Waals surface area contributed by atoms with Crippen LogP contribution in [0.4, 0.5) is 4.79 Å². The zero-order valence-electron chi connectivity index (χ0n) is 8.26. The monoisotopic (exact) mass is 190 g/mol. The summed E-state index contributed by atoms with van der Waals surface area (Å²) in [4.78, 5) is 13.2. The topological polar surface area (TPSA) is 32.3 Å². The van der Waals surface area contributed by atoms with Crippen LogP contribution in [0, 0.1) is 0 Å². The minimum Gasteiger partial charge on any atom is -0.331 e. The lowest BCUT2D eigenvalue weighted by Crippen LogP contribution is -2.42. The Morgan fingerprint density at radius 3 is 2.42 bits per heavy atom. The molecule has 0 aromatic carbocycles. The van der Waals surface area contributed by atoms with Gasteiger partial charge in [-0.2, -0.15) is 0 Å². The van der Waals surface area contributed by atoms with Gasteiger partial charge < -0.3 is 5.32 Å². The average Bonchev–Trinajstić information content (AvgIpc) is 2.00. The van der Waals surface area contributed by atoms with Gasteiger partial charge in [-0.1, -0.05) is 25.6 Å². The first-order valence-corrected chi connectivity index (χ1v) is 5.20. The van der Waals surface area contributed by atoms with Crippen LogP contribution in [0.5, 0.6) is 0 Å². The number of nitrogens with one attached hydrogen (secondary N) is 1. The summed E-state index contributed by atoms with van der Waals surface area (Å²) >= 11 is 1.32. The lowest BCUT2D eigenvalue weighted by Gasteiger charge is -2.23. The third kappa shape index (κ3) is 4.62. The zero-order valence-corrected chi connectivity index (χ0v) is 9.07. The first-order valence-electron chi connectivity index (χ1n) is 4.21. The van der Waals surface area contributed by atoms with Crippen LogP contribution in [-0.2, 0) is 0 Å². The highest BCUT2D eigenvalue weighted by atomic mass is 32.2. The van der Waals surface area contributed by atoms with Gasteiger partial charge in [0.25, 0.3) is 5.24 Å². The van der Waals surface area contributed by atoms with Gasteiger partial charge in [0.15, 0.2) is 0 Å². The zero-order chi connectivity index (χ0) is 9.56. The van der Waals surface area contributed by atoms with Crippen LogP contribution < -0.4 is 5.32 Å². The van der Waals surface area contributed by atoms with Gasteiger partial charge in [-0.25, -0.2) is 0 Å². The lowest BCUT2D eigenvalue weighted by atomic mass is 10.3. The molecule has 0 bridgehead atoms. The largest absolute Gasteiger partial charge is 0.331 e. The first kappa shape index (κ1) is 11.8. The fourth-order valence-corrected chi connectivity index (χ4v) is 1.39. The Morgan fingerprint density at radius 2 is 2.08 bits per heavy atom. The molecule has 0 aliphatic rings. The van der Waals surface area contributed by atoms with Crippen molar-refractivity contribution in [2.24, 2.45) is 0 Å². The van der Waals surface area contributed by atoms with E-state index in [-0.39, 0.29) is 11.4 Å². The number of hydrogen-bond donors (Lipinski definition) is 1. The summed E-state index contributed by atoms with van der Waals surface area (Å²) in [6, 6.07) is 0. The highest BCUT2D eigenvalue weighted by molar-refractivity contribution is 8.13. The summed E-state index contributed by atoms with van der Waals surface area (Å²) in [5, 5.41) is 2.98. The van der Waals surface area contributed by atoms with E-state index in [0.717, 1.165) is 12.2 Å². The maximum absolute atomic E-state index is 11.1. The van der Waals surface area contributed by atoms with Crippen LogP contribution in [0.1, 0.15) is 20.3 Å². The van der Waals surface area contributed by atoms with Gasteiger partial charge in [-0.05, 0) is 26.3 Å². The third-order valence-electron chi connectivity index (χ3n) is 1.57. The van der Waals surface area contributed by atoms with Crippen LogP contribution in [0.25, 0.3) is 0 Å². The second kappa shape index (κ2) is 6.31. The van der Waals surface area contributed by atoms with E-state index in [1.807, 2.05) is 25.9 Å². The number of hydrogen-bond acceptors (Lipinski definition) is 3. The van der Waals surface area contributed by atoms with E-state index >= 15 is 0 Å². The van der Waals surface area contributed by atoms with Crippen molar-refractivity contribution in [1.29, 1.82) is 0 Å². The molecule has 0 aliphatic carbocycles. The molecule has 0 spiro atoms. The Morgan fingerprint density at radius 1 is 1.50 bits per heavy atom. The second-order valence-corrected chi connectivity index (χ2v) is 3.99. The van der Waals surface area contributed by atoms with Crippen molar-refractivity contribution < 1.29 is 4.79 Å². The second-order valence-electron chi connectivity index (χ2n) is 2.75. The summed E-state index contributed by atoms with van der Waals surface area (Å²) in [6.07, 6.45) is 1.10. The molecule has 0 saturated carbocycles. The van der Waals surface area contributed by atoms with Crippen molar-refractivity contribution in [3.63, 3.8) is 0 Å². The summed E-state index contributed by atoms with van der Waals surface area (Å²) in [5.74, 6) is 0.829. The van der Waals surface area contributed by atoms with E-state index < -0.39 is 0 Å². The quantitative estimate of drug-likeness (QED) is 0.685. The maximum Gasteiger partial charge on any atom is 0.280 e. The molecule has 12 heavy (non-hydrogen) atoms. The van der Waals surface area contributed by atoms with Gasteiger partial charge in [-0.15, -0.1) is 0 Å². The van der Waals surface area contributed by atoms with Crippen molar-refractivity contribution in [3.05, 3.63) is 0 Å². The normalized spacial score (nSPS) is 13.1. The van der Waals surface area contributed by atoms with Crippen molar-refractivity contribution in [2.75, 3.05) is 19.8 Å². The minimum atomic E-state index is 0.0676. The molecule has 72 valence electrons. The molecule has 1 N–H and O–H groups in total. The van der Waals surface area contributed by atoms with E-state index in [1.54, 1.807) is 0 Å². The fraction of sp³-hybridized carbons (Fsp3) is 0.875. The molecule has 0 fully saturated rings. The van der Waals surface area contributed by atoms with Crippen LogP contribution in [0.15, 0.2) is 0 Å². The fourth-order valence-electron chi connectivity index (χ4n) is 0.905. The molecule has 0 aliphatic heterocycles. The molecular formula is C8H18N2OS. The number of carbonyl (C=O) groups is 1. The Bertz CT molecular complexity index is 139. The molecule has 0 heterocycles. The van der Waals surface area contributed by atoms with Crippen molar-refractivity contribution in [2.45, 2.75) is 26.4 Å². The molecule has 1 amide bonds. The first-order chi connectivity index (χ1) is 5.61. The van der Waals surface area contributed by atoms with Gasteiger partial charge in [-0.3, -0.25) is 9.69 Å². The van der Waals surface area contributed by atoms with Gasteiger partial charge in [0.1, 0.15) is 0 Å². The molecule has 0 rings (SSSR count). The van der Waals surface area contributed by atoms with Crippen molar-refractivity contribution in [1.82, 2.24) is 10.2 Å². The predicted octanol–water partition coefficient (Wildman–Crippen LogP) is 1.75. The number of amides is 1. The molecule has 0 radical (unpaired) electrons. The smallest absolute Gasteiger partial charge is 0.280 e. The predicted molar refractivity (Wildman–Crippen MR) is 54.4 cm³/mol. The summed E-state index contributed by atoms with van der Waals surface area (Å²) in [5.41, 5.74) is 0. The van der Waals surface area contributed by atoms with Crippen LogP contribution in [0.3, 0.4) is 0 Å². The van der Waals surface area contributed by atoms with Gasteiger partial charge in [0.2, 0.25) is 0 Å². The Kier molecular flexibility index (Phi) is 6.20. The summed E-state index contributed by atoms with van der Waals surface area (Å²) < 4.78 is 0. The van der Waals surface area contributed by atoms with E-state index in [4.69, 9.17) is 0 Å². The number of carbonyl (C=O) groups excluding carboxylic acids is 1. The molecule has 3 nitrogen and oxygen atoms in total. The highest BCUT2D eigenvalue weighted by Gasteiger charge is 2.10. The molecule has 0 aromatic heterocycles. The number of nitrogens with zero attached hydrogens (tertiary/aromatic N) is 1. The van der Waals surface area contributed by atoms with Gasteiger partial charge >= 0.3 is 0 Å². The molecule has 0 aromatic rings. The van der Waals surface area contributed by atoms with Gasteiger partial charge in [0, 0.05) is 0 Å². The van der Waals surface area contributed by atoms with Gasteiger partial charge in [0.05, 0.1) is 6.17 Å². The Balaban J connectivity index is 3.77. The standard InChI is InChI=1S/C8H18N2OS/c1-5-7(10(3)4)9-8(11)12-6-2/h7H,5-6H2,1-4H3,(H,9,11). The Labute approximate surface area is 78.9 Å². The van der Waals surface area contributed by atoms with Crippen LogP contribution >= 0.6 is 11.8 Å². The van der Waals surface area contributed by atoms with Crippen molar-refractivity contribution >= 4 is 17.0 Å². The van der Waals surface area contributed by atoms with Crippen LogP contribution in [0.2, 0.25) is 0 Å². The molecule has 1 unspecified atom stereocenters. The minimum absolute atomic E-state index is 0.0676. The average molecular weight is 190 g/mol. The number of thioether (sulfide) groups is 1. The number of rotatable bonds is 4. The lowest BCUT2D eigenvalue weighted by molar-refractivity contribution is 0.224. The van der Waals surface area contributed by atoms with E-state index in [2.05, 4.69) is 12.2 Å². The molecular weight excluding hydrogens is 172 g/mol. The molecule has 4 heteroatoms. The highest BCUT2D eigenvalue weighted by Crippen LogP contribution is 2.03.